The minimum absolute atomic E-state index is 0.166. The average Bonchev–Trinajstić information content (AvgIpc) is 2.76. The Bertz CT molecular complexity index is 865. The van der Waals surface area contributed by atoms with E-state index in [1.54, 1.807) is 0 Å². The lowest BCUT2D eigenvalue weighted by atomic mass is 9.88. The van der Waals surface area contributed by atoms with Crippen molar-refractivity contribution < 1.29 is 68.3 Å². The third kappa shape index (κ3) is 15.7. The van der Waals surface area contributed by atoms with E-state index in [1.807, 2.05) is 0 Å². The Morgan fingerprint density at radius 3 is 1.05 bits per heavy atom. The number of aliphatic carboxylic acids is 4. The fourth-order valence-electron chi connectivity index (χ4n) is 4.83. The van der Waals surface area contributed by atoms with E-state index in [0.29, 0.717) is 25.7 Å². The molecule has 0 heterocycles. The van der Waals surface area contributed by atoms with Crippen molar-refractivity contribution in [3.05, 3.63) is 0 Å². The van der Waals surface area contributed by atoms with Gasteiger partial charge in [0.25, 0.3) is 0 Å². The van der Waals surface area contributed by atoms with Gasteiger partial charge in [0.2, 0.25) is 0 Å². The Hall–Kier alpha value is -1.98. The normalized spacial score (nSPS) is 18.5. The molecule has 0 spiro atoms. The van der Waals surface area contributed by atoms with Crippen molar-refractivity contribution in [1.82, 2.24) is 19.6 Å². The Morgan fingerprint density at radius 2 is 0.825 bits per heavy atom. The highest BCUT2D eigenvalue weighted by Gasteiger charge is 2.38. The standard InChI is InChI=1S/C20H38N4O14P2/c25-17(26)9-21(10-18(27)28)5-7-23(13-39(33,34)35)15-3-1-2-4-16(15)24(14-40(36,37)38)8-6-22(11-19(29)30)12-20(31)32/h15-16H,1-14H2,(H,25,26)(H,27,28)(H,29,30)(H,31,32)(H2,33,34,35)(H2,36,37,38)/t15-,16-/m1/s1. The van der Waals surface area contributed by atoms with Crippen molar-refractivity contribution in [1.29, 1.82) is 0 Å². The first-order valence-electron chi connectivity index (χ1n) is 12.3. The van der Waals surface area contributed by atoms with E-state index >= 15 is 0 Å². The SMILES string of the molecule is O=C(O)CN(CCN(CP(=O)(O)O)[C@@H]1CCCC[C@H]1N(CCN(CC(=O)O)CC(=O)O)CP(=O)(O)O)CC(=O)O. The van der Waals surface area contributed by atoms with Crippen LogP contribution in [0.1, 0.15) is 25.7 Å². The highest BCUT2D eigenvalue weighted by Crippen LogP contribution is 2.41. The zero-order chi connectivity index (χ0) is 30.7. The lowest BCUT2D eigenvalue weighted by molar-refractivity contribution is -0.144. The van der Waals surface area contributed by atoms with Gasteiger partial charge >= 0.3 is 39.1 Å². The molecule has 0 aromatic carbocycles. The molecule has 8 N–H and O–H groups in total. The number of carboxylic acid groups (broad SMARTS) is 4. The van der Waals surface area contributed by atoms with Gasteiger partial charge in [0, 0.05) is 38.3 Å². The minimum Gasteiger partial charge on any atom is -0.480 e. The maximum atomic E-state index is 12.0. The Kier molecular flexibility index (Phi) is 14.8. The fraction of sp³-hybridized carbons (Fsp3) is 0.800. The van der Waals surface area contributed by atoms with E-state index < -0.39 is 89.9 Å². The molecule has 1 saturated carbocycles. The van der Waals surface area contributed by atoms with Crippen LogP contribution >= 0.6 is 15.2 Å². The van der Waals surface area contributed by atoms with Gasteiger partial charge in [0.15, 0.2) is 0 Å². The third-order valence-corrected chi connectivity index (χ3v) is 7.67. The molecule has 1 rings (SSSR count). The van der Waals surface area contributed by atoms with Crippen LogP contribution in [0.3, 0.4) is 0 Å². The highest BCUT2D eigenvalue weighted by molar-refractivity contribution is 7.51. The van der Waals surface area contributed by atoms with Crippen LogP contribution in [0, 0.1) is 0 Å². The summed E-state index contributed by atoms with van der Waals surface area (Å²) in [4.78, 5) is 88.5. The molecule has 1 aliphatic rings. The minimum atomic E-state index is -4.70. The highest BCUT2D eigenvalue weighted by atomic mass is 31.2. The van der Waals surface area contributed by atoms with Gasteiger partial charge in [-0.1, -0.05) is 12.8 Å². The van der Waals surface area contributed by atoms with Gasteiger partial charge in [0.1, 0.15) is 12.6 Å². The molecule has 0 saturated heterocycles. The molecule has 232 valence electrons. The summed E-state index contributed by atoms with van der Waals surface area (Å²) in [6, 6.07) is -1.39. The summed E-state index contributed by atoms with van der Waals surface area (Å²) in [5, 5.41) is 36.4. The number of hydrogen-bond donors (Lipinski definition) is 8. The van der Waals surface area contributed by atoms with Crippen LogP contribution < -0.4 is 0 Å². The van der Waals surface area contributed by atoms with Gasteiger partial charge in [0.05, 0.1) is 26.2 Å². The molecular formula is C20H38N4O14P2. The molecule has 0 aliphatic heterocycles. The van der Waals surface area contributed by atoms with Crippen LogP contribution in [0.4, 0.5) is 0 Å². The molecule has 0 radical (unpaired) electrons. The number of rotatable bonds is 20. The molecule has 0 unspecified atom stereocenters. The van der Waals surface area contributed by atoms with Crippen LogP contribution in [0.2, 0.25) is 0 Å². The van der Waals surface area contributed by atoms with E-state index in [1.165, 1.54) is 9.80 Å². The summed E-state index contributed by atoms with van der Waals surface area (Å²) >= 11 is 0. The van der Waals surface area contributed by atoms with Crippen molar-refractivity contribution >= 4 is 39.1 Å². The molecule has 40 heavy (non-hydrogen) atoms. The van der Waals surface area contributed by atoms with Gasteiger partial charge in [-0.15, -0.1) is 0 Å². The van der Waals surface area contributed by atoms with E-state index in [2.05, 4.69) is 0 Å². The molecule has 1 fully saturated rings. The molecule has 2 atom stereocenters. The molecule has 20 heteroatoms. The Labute approximate surface area is 230 Å². The van der Waals surface area contributed by atoms with E-state index in [0.717, 1.165) is 9.80 Å². The van der Waals surface area contributed by atoms with E-state index in [9.17, 15) is 47.9 Å². The molecule has 0 aromatic heterocycles. The first-order valence-corrected chi connectivity index (χ1v) is 15.8. The number of nitrogens with zero attached hydrogens (tertiary/aromatic N) is 4. The molecular weight excluding hydrogens is 582 g/mol. The maximum absolute atomic E-state index is 12.0. The molecule has 0 aromatic rings. The van der Waals surface area contributed by atoms with Gasteiger partial charge in [-0.25, -0.2) is 0 Å². The fourth-order valence-corrected chi connectivity index (χ4v) is 6.48. The second-order valence-corrected chi connectivity index (χ2v) is 12.9. The average molecular weight is 620 g/mol. The second kappa shape index (κ2) is 16.5. The smallest absolute Gasteiger partial charge is 0.339 e. The van der Waals surface area contributed by atoms with Crippen molar-refractivity contribution in [2.45, 2.75) is 37.8 Å². The second-order valence-electron chi connectivity index (χ2n) is 9.65. The summed E-state index contributed by atoms with van der Waals surface area (Å²) in [5.74, 6) is -5.23. The first kappa shape index (κ1) is 36.0. The lowest BCUT2D eigenvalue weighted by Gasteiger charge is -2.45. The van der Waals surface area contributed by atoms with Gasteiger partial charge in [-0.2, -0.15) is 0 Å². The Balaban J connectivity index is 3.29. The van der Waals surface area contributed by atoms with Crippen LogP contribution in [0.15, 0.2) is 0 Å². The zero-order valence-corrected chi connectivity index (χ0v) is 23.6. The van der Waals surface area contributed by atoms with Crippen molar-refractivity contribution in [2.75, 3.05) is 64.9 Å². The molecule has 0 bridgehead atoms. The summed E-state index contributed by atoms with van der Waals surface area (Å²) in [6.45, 7) is -3.28. The van der Waals surface area contributed by atoms with Crippen molar-refractivity contribution in [3.8, 4) is 0 Å². The predicted molar refractivity (Wildman–Crippen MR) is 137 cm³/mol. The Morgan fingerprint density at radius 1 is 0.550 bits per heavy atom. The summed E-state index contributed by atoms with van der Waals surface area (Å²) in [6.07, 6.45) is 0.315. The van der Waals surface area contributed by atoms with Crippen LogP contribution in [0.25, 0.3) is 0 Å². The zero-order valence-electron chi connectivity index (χ0n) is 21.8. The molecule has 1 aliphatic carbocycles. The lowest BCUT2D eigenvalue weighted by Crippen LogP contribution is -2.56. The van der Waals surface area contributed by atoms with E-state index in [4.69, 9.17) is 20.4 Å². The van der Waals surface area contributed by atoms with Crippen LogP contribution in [0.5, 0.6) is 0 Å². The monoisotopic (exact) mass is 620 g/mol. The first-order chi connectivity index (χ1) is 18.4. The van der Waals surface area contributed by atoms with Crippen LogP contribution in [-0.2, 0) is 28.3 Å². The van der Waals surface area contributed by atoms with Gasteiger partial charge < -0.3 is 40.0 Å². The summed E-state index contributed by atoms with van der Waals surface area (Å²) in [5.41, 5.74) is 0. The molecule has 0 amide bonds. The van der Waals surface area contributed by atoms with E-state index in [-0.39, 0.29) is 26.2 Å². The largest absolute Gasteiger partial charge is 0.480 e. The number of carboxylic acids is 4. The predicted octanol–water partition coefficient (Wildman–Crippen LogP) is -1.89. The number of hydrogen-bond acceptors (Lipinski definition) is 10. The quantitative estimate of drug-likeness (QED) is 0.0691. The summed E-state index contributed by atoms with van der Waals surface area (Å²) in [7, 11) is -9.40. The third-order valence-electron chi connectivity index (χ3n) is 6.21. The van der Waals surface area contributed by atoms with Crippen molar-refractivity contribution in [3.63, 3.8) is 0 Å². The van der Waals surface area contributed by atoms with Gasteiger partial charge in [-0.3, -0.25) is 47.9 Å². The maximum Gasteiger partial charge on any atom is 0.339 e. The topological polar surface area (TPSA) is 277 Å². The summed E-state index contributed by atoms with van der Waals surface area (Å²) < 4.78 is 24.0. The number of carbonyl (C=O) groups is 4. The van der Waals surface area contributed by atoms with Crippen molar-refractivity contribution in [2.24, 2.45) is 0 Å². The van der Waals surface area contributed by atoms with Crippen LogP contribution in [-0.4, -0.2) is 160 Å². The molecule has 18 nitrogen and oxygen atoms in total. The van der Waals surface area contributed by atoms with Gasteiger partial charge in [-0.05, 0) is 12.8 Å².